The van der Waals surface area contributed by atoms with Crippen molar-refractivity contribution in [1.29, 1.82) is 0 Å². The van der Waals surface area contributed by atoms with Crippen molar-refractivity contribution >= 4 is 11.3 Å². The lowest BCUT2D eigenvalue weighted by atomic mass is 9.99. The van der Waals surface area contributed by atoms with E-state index in [1.165, 1.54) is 11.3 Å². The number of fused-ring (bicyclic) bond motifs is 1. The highest BCUT2D eigenvalue weighted by atomic mass is 32.1. The summed E-state index contributed by atoms with van der Waals surface area (Å²) < 4.78 is 5.92. The fraction of sp³-hybridized carbons (Fsp3) is 0.786. The molecule has 0 aromatic carbocycles. The molecular weight excluding hydrogens is 258 g/mol. The van der Waals surface area contributed by atoms with E-state index in [0.717, 1.165) is 43.2 Å². The van der Waals surface area contributed by atoms with Crippen molar-refractivity contribution in [2.45, 2.75) is 51.3 Å². The van der Waals surface area contributed by atoms with E-state index < -0.39 is 0 Å². The largest absolute Gasteiger partial charge is 0.368 e. The molecule has 4 nitrogen and oxygen atoms in total. The quantitative estimate of drug-likeness (QED) is 0.903. The fourth-order valence-electron chi connectivity index (χ4n) is 2.90. The van der Waals surface area contributed by atoms with Gasteiger partial charge in [-0.05, 0) is 33.1 Å². The summed E-state index contributed by atoms with van der Waals surface area (Å²) in [6.45, 7) is 7.27. The summed E-state index contributed by atoms with van der Waals surface area (Å²) in [6, 6.07) is 0.710. The minimum atomic E-state index is 0.138. The van der Waals surface area contributed by atoms with Gasteiger partial charge in [0.05, 0.1) is 12.3 Å². The maximum atomic E-state index is 6.16. The van der Waals surface area contributed by atoms with Gasteiger partial charge in [0.1, 0.15) is 11.1 Å². The molecule has 19 heavy (non-hydrogen) atoms. The van der Waals surface area contributed by atoms with Crippen LogP contribution >= 0.6 is 11.3 Å². The summed E-state index contributed by atoms with van der Waals surface area (Å²) >= 11 is 1.82. The van der Waals surface area contributed by atoms with E-state index in [9.17, 15) is 0 Å². The second-order valence-corrected chi connectivity index (χ2v) is 6.92. The highest BCUT2D eigenvalue weighted by Crippen LogP contribution is 2.35. The molecule has 2 atom stereocenters. The van der Waals surface area contributed by atoms with Crippen LogP contribution in [-0.4, -0.2) is 35.6 Å². The Morgan fingerprint density at radius 2 is 2.32 bits per heavy atom. The van der Waals surface area contributed by atoms with Crippen LogP contribution in [0.4, 0.5) is 0 Å². The number of aryl methyl sites for hydroxylation is 1. The Morgan fingerprint density at radius 3 is 3.05 bits per heavy atom. The molecule has 5 heteroatoms. The molecule has 1 saturated heterocycles. The predicted octanol–water partition coefficient (Wildman–Crippen LogP) is 2.26. The SMILES string of the molecule is CC(C)N1CCOC(c2nc3c(s2)CCCC3N)C1. The number of rotatable bonds is 2. The van der Waals surface area contributed by atoms with Gasteiger partial charge in [0.2, 0.25) is 0 Å². The zero-order valence-electron chi connectivity index (χ0n) is 11.8. The number of nitrogens with two attached hydrogens (primary N) is 1. The maximum absolute atomic E-state index is 6.16. The molecule has 1 aromatic heterocycles. The Balaban J connectivity index is 1.78. The summed E-state index contributed by atoms with van der Waals surface area (Å²) in [4.78, 5) is 8.65. The molecule has 106 valence electrons. The maximum Gasteiger partial charge on any atom is 0.123 e. The third-order valence-electron chi connectivity index (χ3n) is 4.12. The van der Waals surface area contributed by atoms with E-state index in [1.807, 2.05) is 11.3 Å². The molecule has 1 aromatic rings. The normalized spacial score (nSPS) is 28.6. The van der Waals surface area contributed by atoms with Crippen LogP contribution in [-0.2, 0) is 11.2 Å². The molecule has 1 aliphatic heterocycles. The van der Waals surface area contributed by atoms with E-state index in [4.69, 9.17) is 15.5 Å². The molecule has 1 fully saturated rings. The Bertz CT molecular complexity index is 446. The lowest BCUT2D eigenvalue weighted by molar-refractivity contribution is -0.0403. The van der Waals surface area contributed by atoms with Gasteiger partial charge < -0.3 is 10.5 Å². The smallest absolute Gasteiger partial charge is 0.123 e. The van der Waals surface area contributed by atoms with Crippen LogP contribution in [0.25, 0.3) is 0 Å². The lowest BCUT2D eigenvalue weighted by Crippen LogP contribution is -2.42. The molecule has 0 saturated carbocycles. The van der Waals surface area contributed by atoms with Gasteiger partial charge in [-0.2, -0.15) is 0 Å². The Kier molecular flexibility index (Phi) is 3.89. The van der Waals surface area contributed by atoms with Gasteiger partial charge in [0.15, 0.2) is 0 Å². The fourth-order valence-corrected chi connectivity index (χ4v) is 4.11. The molecule has 2 N–H and O–H groups in total. The van der Waals surface area contributed by atoms with Gasteiger partial charge in [-0.15, -0.1) is 11.3 Å². The van der Waals surface area contributed by atoms with Crippen molar-refractivity contribution in [2.75, 3.05) is 19.7 Å². The summed E-state index contributed by atoms with van der Waals surface area (Å²) in [5.74, 6) is 0. The van der Waals surface area contributed by atoms with Crippen molar-refractivity contribution in [1.82, 2.24) is 9.88 Å². The van der Waals surface area contributed by atoms with Crippen LogP contribution in [0, 0.1) is 0 Å². The van der Waals surface area contributed by atoms with E-state index in [1.54, 1.807) is 0 Å². The number of ether oxygens (including phenoxy) is 1. The van der Waals surface area contributed by atoms with Gasteiger partial charge in [0.25, 0.3) is 0 Å². The Morgan fingerprint density at radius 1 is 1.47 bits per heavy atom. The molecular formula is C14H23N3OS. The molecule has 3 rings (SSSR count). The Hall–Kier alpha value is -0.490. The standard InChI is InChI=1S/C14H23N3OS/c1-9(2)17-6-7-18-11(8-17)14-16-13-10(15)4-3-5-12(13)19-14/h9-11H,3-8,15H2,1-2H3. The summed E-state index contributed by atoms with van der Waals surface area (Å²) in [7, 11) is 0. The van der Waals surface area contributed by atoms with Crippen LogP contribution in [0.15, 0.2) is 0 Å². The average molecular weight is 281 g/mol. The van der Waals surface area contributed by atoms with Gasteiger partial charge in [-0.3, -0.25) is 4.90 Å². The first kappa shape index (κ1) is 13.5. The van der Waals surface area contributed by atoms with E-state index in [2.05, 4.69) is 18.7 Å². The first-order chi connectivity index (χ1) is 9.15. The molecule has 0 spiro atoms. The first-order valence-electron chi connectivity index (χ1n) is 7.26. The summed E-state index contributed by atoms with van der Waals surface area (Å²) in [6.07, 6.45) is 3.54. The molecule has 2 heterocycles. The van der Waals surface area contributed by atoms with Crippen LogP contribution in [0.5, 0.6) is 0 Å². The molecule has 0 radical (unpaired) electrons. The van der Waals surface area contributed by atoms with E-state index >= 15 is 0 Å². The second-order valence-electron chi connectivity index (χ2n) is 5.81. The molecule has 0 bridgehead atoms. The highest BCUT2D eigenvalue weighted by Gasteiger charge is 2.29. The average Bonchev–Trinajstić information content (AvgIpc) is 2.84. The first-order valence-corrected chi connectivity index (χ1v) is 8.07. The molecule has 2 unspecified atom stereocenters. The highest BCUT2D eigenvalue weighted by molar-refractivity contribution is 7.11. The zero-order chi connectivity index (χ0) is 13.4. The topological polar surface area (TPSA) is 51.4 Å². The number of hydrogen-bond acceptors (Lipinski definition) is 5. The predicted molar refractivity (Wildman–Crippen MR) is 77.4 cm³/mol. The van der Waals surface area contributed by atoms with E-state index in [-0.39, 0.29) is 12.1 Å². The lowest BCUT2D eigenvalue weighted by Gasteiger charge is -2.34. The minimum absolute atomic E-state index is 0.138. The number of hydrogen-bond donors (Lipinski definition) is 1. The number of thiazole rings is 1. The van der Waals surface area contributed by atoms with Crippen molar-refractivity contribution in [2.24, 2.45) is 5.73 Å². The van der Waals surface area contributed by atoms with Crippen molar-refractivity contribution in [3.05, 3.63) is 15.6 Å². The molecule has 2 aliphatic rings. The van der Waals surface area contributed by atoms with Gasteiger partial charge in [0, 0.05) is 30.1 Å². The number of morpholine rings is 1. The molecule has 0 amide bonds. The van der Waals surface area contributed by atoms with Crippen LogP contribution in [0.3, 0.4) is 0 Å². The van der Waals surface area contributed by atoms with Crippen LogP contribution in [0.2, 0.25) is 0 Å². The summed E-state index contributed by atoms with van der Waals surface area (Å²) in [5, 5.41) is 1.13. The van der Waals surface area contributed by atoms with Crippen LogP contribution in [0.1, 0.15) is 54.4 Å². The van der Waals surface area contributed by atoms with Crippen molar-refractivity contribution < 1.29 is 4.74 Å². The van der Waals surface area contributed by atoms with Crippen molar-refractivity contribution in [3.63, 3.8) is 0 Å². The second kappa shape index (κ2) is 5.48. The molecule has 1 aliphatic carbocycles. The van der Waals surface area contributed by atoms with Crippen LogP contribution < -0.4 is 5.73 Å². The summed E-state index contributed by atoms with van der Waals surface area (Å²) in [5.41, 5.74) is 7.29. The van der Waals surface area contributed by atoms with Gasteiger partial charge >= 0.3 is 0 Å². The Labute approximate surface area is 119 Å². The minimum Gasteiger partial charge on any atom is -0.368 e. The van der Waals surface area contributed by atoms with E-state index in [0.29, 0.717) is 6.04 Å². The third kappa shape index (κ3) is 2.70. The number of nitrogens with zero attached hydrogens (tertiary/aromatic N) is 2. The van der Waals surface area contributed by atoms with Crippen molar-refractivity contribution in [3.8, 4) is 0 Å². The monoisotopic (exact) mass is 281 g/mol. The van der Waals surface area contributed by atoms with Gasteiger partial charge in [-0.25, -0.2) is 4.98 Å². The zero-order valence-corrected chi connectivity index (χ0v) is 12.6. The third-order valence-corrected chi connectivity index (χ3v) is 5.34. The number of aromatic nitrogens is 1. The van der Waals surface area contributed by atoms with Gasteiger partial charge in [-0.1, -0.05) is 0 Å².